The highest BCUT2D eigenvalue weighted by molar-refractivity contribution is 7.89. The monoisotopic (exact) mass is 480 g/mol. The standard InChI is InChI=1S/C25H25FN4O3S/c1-2-30-22-14-8-7-13-20(22)28-24(30)17-27-25(31)21(16-18-10-4-3-5-11-18)29-34(32,33)23-15-9-6-12-19(23)26/h3-15,21,29H,2,16-17H2,1H3,(H,27,31). The molecule has 0 radical (unpaired) electrons. The molecule has 9 heteroatoms. The number of benzene rings is 3. The van der Waals surface area contributed by atoms with Crippen LogP contribution in [-0.4, -0.2) is 29.9 Å². The van der Waals surface area contributed by atoms with Crippen LogP contribution in [0.1, 0.15) is 18.3 Å². The Morgan fingerprint density at radius 3 is 2.41 bits per heavy atom. The molecule has 176 valence electrons. The Kier molecular flexibility index (Phi) is 7.04. The van der Waals surface area contributed by atoms with Crippen molar-refractivity contribution >= 4 is 27.0 Å². The normalized spacial score (nSPS) is 12.5. The van der Waals surface area contributed by atoms with Crippen molar-refractivity contribution in [2.75, 3.05) is 0 Å². The van der Waals surface area contributed by atoms with Gasteiger partial charge in [0.05, 0.1) is 17.6 Å². The molecule has 0 spiro atoms. The van der Waals surface area contributed by atoms with Crippen LogP contribution < -0.4 is 10.0 Å². The van der Waals surface area contributed by atoms with Gasteiger partial charge in [0.1, 0.15) is 22.6 Å². The highest BCUT2D eigenvalue weighted by atomic mass is 32.2. The number of nitrogens with one attached hydrogen (secondary N) is 2. The number of carbonyl (C=O) groups is 1. The van der Waals surface area contributed by atoms with Crippen LogP contribution in [0.2, 0.25) is 0 Å². The number of halogens is 1. The molecular weight excluding hydrogens is 455 g/mol. The first-order chi connectivity index (χ1) is 16.4. The van der Waals surface area contributed by atoms with Gasteiger partial charge in [0.15, 0.2) is 0 Å². The molecule has 1 amide bonds. The number of imidazole rings is 1. The van der Waals surface area contributed by atoms with E-state index < -0.39 is 32.7 Å². The van der Waals surface area contributed by atoms with Gasteiger partial charge in [-0.25, -0.2) is 17.8 Å². The number of sulfonamides is 1. The van der Waals surface area contributed by atoms with Crippen molar-refractivity contribution in [1.82, 2.24) is 19.6 Å². The Balaban J connectivity index is 1.57. The van der Waals surface area contributed by atoms with E-state index in [9.17, 15) is 17.6 Å². The van der Waals surface area contributed by atoms with Gasteiger partial charge in [0, 0.05) is 6.54 Å². The second-order valence-electron chi connectivity index (χ2n) is 7.77. The molecule has 4 rings (SSSR count). The minimum Gasteiger partial charge on any atom is -0.347 e. The van der Waals surface area contributed by atoms with Gasteiger partial charge in [0.2, 0.25) is 15.9 Å². The van der Waals surface area contributed by atoms with Crippen molar-refractivity contribution < 1.29 is 17.6 Å². The molecule has 3 aromatic carbocycles. The van der Waals surface area contributed by atoms with Crippen LogP contribution in [-0.2, 0) is 34.3 Å². The van der Waals surface area contributed by atoms with Gasteiger partial charge < -0.3 is 9.88 Å². The smallest absolute Gasteiger partial charge is 0.244 e. The molecule has 34 heavy (non-hydrogen) atoms. The summed E-state index contributed by atoms with van der Waals surface area (Å²) in [6, 6.07) is 20.6. The maximum atomic E-state index is 14.2. The summed E-state index contributed by atoms with van der Waals surface area (Å²) in [5.41, 5.74) is 2.53. The molecule has 1 aromatic heterocycles. The summed E-state index contributed by atoms with van der Waals surface area (Å²) in [4.78, 5) is 17.2. The third-order valence-corrected chi connectivity index (χ3v) is 7.00. The number of amides is 1. The SMILES string of the molecule is CCn1c(CNC(=O)C(Cc2ccccc2)NS(=O)(=O)c2ccccc2F)nc2ccccc21. The van der Waals surface area contributed by atoms with E-state index in [0.29, 0.717) is 12.4 Å². The lowest BCUT2D eigenvalue weighted by molar-refractivity contribution is -0.122. The average molecular weight is 481 g/mol. The van der Waals surface area contributed by atoms with Crippen molar-refractivity contribution in [1.29, 1.82) is 0 Å². The summed E-state index contributed by atoms with van der Waals surface area (Å²) in [7, 11) is -4.28. The number of rotatable bonds is 9. The molecule has 4 aromatic rings. The van der Waals surface area contributed by atoms with Crippen LogP contribution in [0.3, 0.4) is 0 Å². The molecule has 0 fully saturated rings. The van der Waals surface area contributed by atoms with Crippen LogP contribution in [0, 0.1) is 5.82 Å². The molecule has 7 nitrogen and oxygen atoms in total. The van der Waals surface area contributed by atoms with E-state index in [-0.39, 0.29) is 13.0 Å². The minimum atomic E-state index is -4.28. The minimum absolute atomic E-state index is 0.102. The van der Waals surface area contributed by atoms with Crippen LogP contribution in [0.25, 0.3) is 11.0 Å². The van der Waals surface area contributed by atoms with Crippen molar-refractivity contribution in [2.24, 2.45) is 0 Å². The maximum Gasteiger partial charge on any atom is 0.244 e. The van der Waals surface area contributed by atoms with E-state index in [1.807, 2.05) is 41.8 Å². The second kappa shape index (κ2) is 10.1. The third kappa shape index (κ3) is 5.16. The van der Waals surface area contributed by atoms with Gasteiger partial charge in [-0.15, -0.1) is 0 Å². The molecule has 1 unspecified atom stereocenters. The van der Waals surface area contributed by atoms with Gasteiger partial charge in [-0.05, 0) is 43.2 Å². The van der Waals surface area contributed by atoms with Crippen molar-refractivity contribution in [3.8, 4) is 0 Å². The Bertz CT molecular complexity index is 1400. The van der Waals surface area contributed by atoms with Crippen LogP contribution >= 0.6 is 0 Å². The highest BCUT2D eigenvalue weighted by Gasteiger charge is 2.28. The number of carbonyl (C=O) groups excluding carboxylic acids is 1. The Hall–Kier alpha value is -3.56. The van der Waals surface area contributed by atoms with Crippen molar-refractivity contribution in [3.05, 3.63) is 96.1 Å². The first kappa shape index (κ1) is 23.6. The topological polar surface area (TPSA) is 93.1 Å². The number of para-hydroxylation sites is 2. The molecule has 0 bridgehead atoms. The first-order valence-electron chi connectivity index (χ1n) is 10.9. The summed E-state index contributed by atoms with van der Waals surface area (Å²) in [5, 5.41) is 2.80. The molecule has 1 heterocycles. The lowest BCUT2D eigenvalue weighted by Gasteiger charge is -2.19. The van der Waals surface area contributed by atoms with E-state index in [2.05, 4.69) is 15.0 Å². The zero-order valence-electron chi connectivity index (χ0n) is 18.6. The predicted molar refractivity (Wildman–Crippen MR) is 128 cm³/mol. The number of hydrogen-bond acceptors (Lipinski definition) is 4. The van der Waals surface area contributed by atoms with Gasteiger partial charge in [-0.2, -0.15) is 4.72 Å². The second-order valence-corrected chi connectivity index (χ2v) is 9.46. The number of aryl methyl sites for hydroxylation is 1. The predicted octanol–water partition coefficient (Wildman–Crippen LogP) is 3.40. The summed E-state index contributed by atoms with van der Waals surface area (Å²) in [6.07, 6.45) is 0.102. The van der Waals surface area contributed by atoms with Gasteiger partial charge in [-0.1, -0.05) is 54.6 Å². The summed E-state index contributed by atoms with van der Waals surface area (Å²) < 4.78 is 44.4. The van der Waals surface area contributed by atoms with E-state index in [0.717, 1.165) is 22.7 Å². The number of nitrogens with zero attached hydrogens (tertiary/aromatic N) is 2. The van der Waals surface area contributed by atoms with Crippen LogP contribution in [0.4, 0.5) is 4.39 Å². The molecule has 0 aliphatic carbocycles. The maximum absolute atomic E-state index is 14.2. The number of hydrogen-bond donors (Lipinski definition) is 2. The number of aromatic nitrogens is 2. The average Bonchev–Trinajstić information content (AvgIpc) is 3.20. The van der Waals surface area contributed by atoms with Gasteiger partial charge in [0.25, 0.3) is 0 Å². The third-order valence-electron chi connectivity index (χ3n) is 5.49. The lowest BCUT2D eigenvalue weighted by Crippen LogP contribution is -2.48. The highest BCUT2D eigenvalue weighted by Crippen LogP contribution is 2.17. The molecule has 1 atom stereocenters. The zero-order valence-corrected chi connectivity index (χ0v) is 19.4. The van der Waals surface area contributed by atoms with Crippen LogP contribution in [0.5, 0.6) is 0 Å². The first-order valence-corrected chi connectivity index (χ1v) is 12.4. The molecule has 0 aliphatic heterocycles. The van der Waals surface area contributed by atoms with E-state index >= 15 is 0 Å². The zero-order chi connectivity index (χ0) is 24.1. The van der Waals surface area contributed by atoms with E-state index in [1.165, 1.54) is 18.2 Å². The van der Waals surface area contributed by atoms with Gasteiger partial charge in [-0.3, -0.25) is 4.79 Å². The van der Waals surface area contributed by atoms with Crippen LogP contribution in [0.15, 0.2) is 83.8 Å². The quantitative estimate of drug-likeness (QED) is 0.384. The molecule has 0 saturated carbocycles. The largest absolute Gasteiger partial charge is 0.347 e. The van der Waals surface area contributed by atoms with E-state index in [1.54, 1.807) is 24.3 Å². The Morgan fingerprint density at radius 2 is 1.68 bits per heavy atom. The fourth-order valence-electron chi connectivity index (χ4n) is 3.85. The fourth-order valence-corrected chi connectivity index (χ4v) is 5.13. The van der Waals surface area contributed by atoms with E-state index in [4.69, 9.17) is 0 Å². The molecular formula is C25H25FN4O3S. The van der Waals surface area contributed by atoms with Gasteiger partial charge >= 0.3 is 0 Å². The molecule has 0 aliphatic rings. The van der Waals surface area contributed by atoms with Crippen molar-refractivity contribution in [2.45, 2.75) is 37.4 Å². The molecule has 2 N–H and O–H groups in total. The summed E-state index contributed by atoms with van der Waals surface area (Å²) in [5.74, 6) is -0.753. The fraction of sp³-hybridized carbons (Fsp3) is 0.200. The Labute approximate surface area is 197 Å². The summed E-state index contributed by atoms with van der Waals surface area (Å²) >= 11 is 0. The van der Waals surface area contributed by atoms with Crippen molar-refractivity contribution in [3.63, 3.8) is 0 Å². The summed E-state index contributed by atoms with van der Waals surface area (Å²) in [6.45, 7) is 2.77. The molecule has 0 saturated heterocycles. The number of fused-ring (bicyclic) bond motifs is 1. The Morgan fingerprint density at radius 1 is 1.00 bits per heavy atom. The lowest BCUT2D eigenvalue weighted by atomic mass is 10.1.